The lowest BCUT2D eigenvalue weighted by Crippen LogP contribution is -1.96. The van der Waals surface area contributed by atoms with Gasteiger partial charge in [-0.2, -0.15) is 0 Å². The summed E-state index contributed by atoms with van der Waals surface area (Å²) in [4.78, 5) is 0. The Bertz CT molecular complexity index is 573. The van der Waals surface area contributed by atoms with Crippen molar-refractivity contribution in [1.82, 2.24) is 0 Å². The second-order valence-electron chi connectivity index (χ2n) is 6.94. The van der Waals surface area contributed by atoms with E-state index in [1.165, 1.54) is 54.5 Å². The molecule has 0 unspecified atom stereocenters. The number of nitrogens with one attached hydrogen (secondary N) is 1. The second kappa shape index (κ2) is 10.2. The first-order chi connectivity index (χ1) is 11.7. The number of benzene rings is 1. The van der Waals surface area contributed by atoms with Gasteiger partial charge in [0.1, 0.15) is 0 Å². The Kier molecular flexibility index (Phi) is 7.88. The van der Waals surface area contributed by atoms with Gasteiger partial charge < -0.3 is 5.32 Å². The first kappa shape index (κ1) is 18.6. The predicted molar refractivity (Wildman–Crippen MR) is 108 cm³/mol. The average Bonchev–Trinajstić information content (AvgIpc) is 3.10. The van der Waals surface area contributed by atoms with E-state index >= 15 is 0 Å². The van der Waals surface area contributed by atoms with Crippen molar-refractivity contribution in [2.75, 3.05) is 12.4 Å². The van der Waals surface area contributed by atoms with E-state index in [0.29, 0.717) is 0 Å². The topological polar surface area (TPSA) is 12.0 Å². The molecule has 1 heteroatoms. The van der Waals surface area contributed by atoms with Gasteiger partial charge in [0.25, 0.3) is 0 Å². The fourth-order valence-electron chi connectivity index (χ4n) is 3.66. The maximum Gasteiger partial charge on any atom is 0.0370 e. The Morgan fingerprint density at radius 3 is 2.67 bits per heavy atom. The highest BCUT2D eigenvalue weighted by atomic mass is 14.8. The van der Waals surface area contributed by atoms with E-state index in [0.717, 1.165) is 25.2 Å². The van der Waals surface area contributed by atoms with Crippen LogP contribution in [0.15, 0.2) is 60.2 Å². The summed E-state index contributed by atoms with van der Waals surface area (Å²) in [5.74, 6) is 0.878. The smallest absolute Gasteiger partial charge is 0.0370 e. The van der Waals surface area contributed by atoms with Gasteiger partial charge in [-0.05, 0) is 43.2 Å². The molecule has 0 spiro atoms. The van der Waals surface area contributed by atoms with E-state index in [-0.39, 0.29) is 0 Å². The largest absolute Gasteiger partial charge is 0.388 e. The normalized spacial score (nSPS) is 16.0. The molecule has 1 aliphatic rings. The minimum atomic E-state index is 0.878. The summed E-state index contributed by atoms with van der Waals surface area (Å²) in [7, 11) is 1.99. The third kappa shape index (κ3) is 6.03. The first-order valence-corrected chi connectivity index (χ1v) is 9.53. The van der Waals surface area contributed by atoms with Crippen molar-refractivity contribution in [3.8, 4) is 0 Å². The molecule has 0 aliphatic heterocycles. The predicted octanol–water partition coefficient (Wildman–Crippen LogP) is 6.69. The number of aryl methyl sites for hydroxylation is 1. The van der Waals surface area contributed by atoms with Gasteiger partial charge in [-0.1, -0.05) is 86.8 Å². The van der Waals surface area contributed by atoms with Crippen LogP contribution in [0.4, 0.5) is 5.69 Å². The quantitative estimate of drug-likeness (QED) is 0.499. The zero-order valence-electron chi connectivity index (χ0n) is 15.5. The lowest BCUT2D eigenvalue weighted by molar-refractivity contribution is 0.549. The molecular weight excluding hydrogens is 290 g/mol. The summed E-state index contributed by atoms with van der Waals surface area (Å²) in [5.41, 5.74) is 5.35. The van der Waals surface area contributed by atoms with E-state index in [1.54, 1.807) is 0 Å². The standard InChI is InChI=1S/C23H33N/c1-4-9-20(15-14-19(2)18-21-10-5-6-11-21)16-17-22-12-7-8-13-23(22)24-3/h7-9,12-15,21,24H,2,4-6,10-11,16-18H2,1,3H3/b15-14-,20-9+. The van der Waals surface area contributed by atoms with Gasteiger partial charge >= 0.3 is 0 Å². The van der Waals surface area contributed by atoms with E-state index in [9.17, 15) is 0 Å². The Labute approximate surface area is 148 Å². The van der Waals surface area contributed by atoms with Crippen LogP contribution >= 0.6 is 0 Å². The molecule has 0 saturated heterocycles. The lowest BCUT2D eigenvalue weighted by Gasteiger charge is -2.10. The van der Waals surface area contributed by atoms with Gasteiger partial charge in [-0.15, -0.1) is 0 Å². The third-order valence-corrected chi connectivity index (χ3v) is 4.99. The van der Waals surface area contributed by atoms with Crippen LogP contribution in [0.5, 0.6) is 0 Å². The molecule has 2 rings (SSSR count). The van der Waals surface area contributed by atoms with Crippen molar-refractivity contribution < 1.29 is 0 Å². The molecule has 0 bridgehead atoms. The number of rotatable bonds is 9. The van der Waals surface area contributed by atoms with E-state index in [2.05, 4.69) is 61.3 Å². The van der Waals surface area contributed by atoms with Crippen molar-refractivity contribution in [2.45, 2.75) is 58.3 Å². The highest BCUT2D eigenvalue weighted by Gasteiger charge is 2.14. The molecule has 1 saturated carbocycles. The van der Waals surface area contributed by atoms with Gasteiger partial charge in [0, 0.05) is 12.7 Å². The summed E-state index contributed by atoms with van der Waals surface area (Å²) in [6, 6.07) is 8.58. The molecule has 24 heavy (non-hydrogen) atoms. The van der Waals surface area contributed by atoms with Crippen molar-refractivity contribution in [3.05, 3.63) is 65.8 Å². The van der Waals surface area contributed by atoms with Gasteiger partial charge in [0.05, 0.1) is 0 Å². The minimum Gasteiger partial charge on any atom is -0.388 e. The monoisotopic (exact) mass is 323 g/mol. The van der Waals surface area contributed by atoms with Crippen LogP contribution in [0.1, 0.15) is 57.4 Å². The van der Waals surface area contributed by atoms with Gasteiger partial charge in [0.2, 0.25) is 0 Å². The zero-order valence-corrected chi connectivity index (χ0v) is 15.5. The Morgan fingerprint density at radius 1 is 1.21 bits per heavy atom. The lowest BCUT2D eigenvalue weighted by atomic mass is 9.97. The molecular formula is C23H33N. The van der Waals surface area contributed by atoms with E-state index < -0.39 is 0 Å². The van der Waals surface area contributed by atoms with Crippen LogP contribution in [0.25, 0.3) is 0 Å². The maximum atomic E-state index is 4.27. The van der Waals surface area contributed by atoms with Crippen LogP contribution in [-0.2, 0) is 6.42 Å². The fourth-order valence-corrected chi connectivity index (χ4v) is 3.66. The molecule has 1 aromatic carbocycles. The molecule has 0 radical (unpaired) electrons. The minimum absolute atomic E-state index is 0.878. The molecule has 0 heterocycles. The SMILES string of the molecule is C=C(/C=C\C(=C/CC)CCc1ccccc1NC)CC1CCCC1. The summed E-state index contributed by atoms with van der Waals surface area (Å²) in [6.45, 7) is 6.48. The molecule has 0 amide bonds. The van der Waals surface area contributed by atoms with Gasteiger partial charge in [-0.25, -0.2) is 0 Å². The number of hydrogen-bond acceptors (Lipinski definition) is 1. The number of anilines is 1. The van der Waals surface area contributed by atoms with Gasteiger partial charge in [-0.3, -0.25) is 0 Å². The molecule has 0 aromatic heterocycles. The average molecular weight is 324 g/mol. The van der Waals surface area contributed by atoms with Gasteiger partial charge in [0.15, 0.2) is 0 Å². The van der Waals surface area contributed by atoms with E-state index in [1.807, 2.05) is 7.05 Å². The number of allylic oxidation sites excluding steroid dienone is 5. The molecule has 0 atom stereocenters. The molecule has 1 aromatic rings. The fraction of sp³-hybridized carbons (Fsp3) is 0.478. The Balaban J connectivity index is 1.90. The van der Waals surface area contributed by atoms with Crippen molar-refractivity contribution in [3.63, 3.8) is 0 Å². The highest BCUT2D eigenvalue weighted by Crippen LogP contribution is 2.30. The first-order valence-electron chi connectivity index (χ1n) is 9.53. The van der Waals surface area contributed by atoms with Crippen molar-refractivity contribution in [2.24, 2.45) is 5.92 Å². The Hall–Kier alpha value is -1.76. The van der Waals surface area contributed by atoms with Crippen LogP contribution in [0.3, 0.4) is 0 Å². The molecule has 1 N–H and O–H groups in total. The number of hydrogen-bond donors (Lipinski definition) is 1. The molecule has 1 fully saturated rings. The van der Waals surface area contributed by atoms with Crippen molar-refractivity contribution >= 4 is 5.69 Å². The molecule has 1 nitrogen and oxygen atoms in total. The van der Waals surface area contributed by atoms with Crippen LogP contribution < -0.4 is 5.32 Å². The van der Waals surface area contributed by atoms with Crippen LogP contribution in [0.2, 0.25) is 0 Å². The Morgan fingerprint density at radius 2 is 1.96 bits per heavy atom. The summed E-state index contributed by atoms with van der Waals surface area (Å²) in [5, 5.41) is 3.29. The number of para-hydroxylation sites is 1. The second-order valence-corrected chi connectivity index (χ2v) is 6.94. The van der Waals surface area contributed by atoms with Crippen LogP contribution in [-0.4, -0.2) is 7.05 Å². The van der Waals surface area contributed by atoms with Crippen molar-refractivity contribution in [1.29, 1.82) is 0 Å². The van der Waals surface area contributed by atoms with E-state index in [4.69, 9.17) is 0 Å². The maximum absolute atomic E-state index is 4.27. The molecule has 130 valence electrons. The third-order valence-electron chi connectivity index (χ3n) is 4.99. The highest BCUT2D eigenvalue weighted by molar-refractivity contribution is 5.50. The molecule has 1 aliphatic carbocycles. The summed E-state index contributed by atoms with van der Waals surface area (Å²) in [6.07, 6.45) is 16.9. The van der Waals surface area contributed by atoms with Crippen LogP contribution in [0, 0.1) is 5.92 Å². The zero-order chi connectivity index (χ0) is 17.2. The summed E-state index contributed by atoms with van der Waals surface area (Å²) < 4.78 is 0. The summed E-state index contributed by atoms with van der Waals surface area (Å²) >= 11 is 0.